The highest BCUT2D eigenvalue weighted by atomic mass is 15.2. The van der Waals surface area contributed by atoms with Crippen molar-refractivity contribution in [2.24, 2.45) is 5.92 Å². The van der Waals surface area contributed by atoms with Gasteiger partial charge in [-0.1, -0.05) is 26.8 Å². The topological polar surface area (TPSA) is 31.4 Å². The van der Waals surface area contributed by atoms with Crippen LogP contribution in [0.2, 0.25) is 0 Å². The number of likely N-dealkylation sites (N-methyl/N-ethyl adjacent to an activating group) is 1. The summed E-state index contributed by atoms with van der Waals surface area (Å²) in [6, 6.07) is 4.55. The highest BCUT2D eigenvalue weighted by Crippen LogP contribution is 2.24. The summed E-state index contributed by atoms with van der Waals surface area (Å²) in [5.41, 5.74) is 1.29. The summed E-state index contributed by atoms with van der Waals surface area (Å²) in [5.74, 6) is 1.75. The number of pyridine rings is 1. The van der Waals surface area contributed by atoms with Gasteiger partial charge in [0.25, 0.3) is 0 Å². The van der Waals surface area contributed by atoms with Crippen LogP contribution in [0, 0.1) is 5.92 Å². The average molecular weight is 292 g/mol. The van der Waals surface area contributed by atoms with Crippen LogP contribution in [0.1, 0.15) is 39.3 Å². The predicted molar refractivity (Wildman–Crippen MR) is 91.9 cm³/mol. The zero-order chi connectivity index (χ0) is 15.8. The van der Waals surface area contributed by atoms with Crippen molar-refractivity contribution in [3.05, 3.63) is 23.9 Å². The van der Waals surface area contributed by atoms with E-state index in [2.05, 4.69) is 68.0 Å². The van der Waals surface area contributed by atoms with Gasteiger partial charge in [0, 0.05) is 37.4 Å². The maximum atomic E-state index is 4.68. The molecule has 1 rings (SSSR count). The van der Waals surface area contributed by atoms with E-state index in [1.807, 2.05) is 12.3 Å². The van der Waals surface area contributed by atoms with Crippen LogP contribution in [0.25, 0.3) is 0 Å². The fourth-order valence-electron chi connectivity index (χ4n) is 2.47. The Labute approximate surface area is 130 Å². The molecule has 21 heavy (non-hydrogen) atoms. The van der Waals surface area contributed by atoms with Crippen molar-refractivity contribution < 1.29 is 0 Å². The molecular formula is C17H32N4. The molecule has 0 aliphatic rings. The van der Waals surface area contributed by atoms with Crippen molar-refractivity contribution >= 4 is 5.82 Å². The number of aromatic nitrogens is 1. The lowest BCUT2D eigenvalue weighted by atomic mass is 10.1. The van der Waals surface area contributed by atoms with Gasteiger partial charge < -0.3 is 15.1 Å². The molecule has 1 unspecified atom stereocenters. The molecule has 0 aliphatic carbocycles. The number of nitrogens with zero attached hydrogens (tertiary/aromatic N) is 3. The summed E-state index contributed by atoms with van der Waals surface area (Å²) in [5, 5.41) is 3.50. The summed E-state index contributed by atoms with van der Waals surface area (Å²) in [7, 11) is 4.24. The van der Waals surface area contributed by atoms with Gasteiger partial charge >= 0.3 is 0 Å². The molecule has 0 aliphatic heterocycles. The number of hydrogen-bond donors (Lipinski definition) is 1. The molecule has 1 N–H and O–H groups in total. The lowest BCUT2D eigenvalue weighted by Gasteiger charge is -2.30. The van der Waals surface area contributed by atoms with E-state index in [1.54, 1.807) is 0 Å². The number of nitrogens with one attached hydrogen (secondary N) is 1. The summed E-state index contributed by atoms with van der Waals surface area (Å²) < 4.78 is 0. The van der Waals surface area contributed by atoms with Gasteiger partial charge in [-0.2, -0.15) is 0 Å². The van der Waals surface area contributed by atoms with Crippen molar-refractivity contribution in [3.63, 3.8) is 0 Å². The third-order valence-corrected chi connectivity index (χ3v) is 3.50. The first-order valence-corrected chi connectivity index (χ1v) is 8.03. The van der Waals surface area contributed by atoms with Gasteiger partial charge in [-0.05, 0) is 39.5 Å². The quantitative estimate of drug-likeness (QED) is 0.758. The van der Waals surface area contributed by atoms with Crippen LogP contribution in [0.15, 0.2) is 18.3 Å². The fraction of sp³-hybridized carbons (Fsp3) is 0.706. The second-order valence-corrected chi connectivity index (χ2v) is 6.34. The van der Waals surface area contributed by atoms with E-state index in [1.165, 1.54) is 5.56 Å². The molecule has 1 aromatic heterocycles. The Morgan fingerprint density at radius 2 is 1.90 bits per heavy atom. The van der Waals surface area contributed by atoms with Gasteiger partial charge in [-0.25, -0.2) is 4.98 Å². The SMILES string of the molecule is CCNC(C)c1cccnc1N(CCN(C)C)CC(C)C. The van der Waals surface area contributed by atoms with E-state index in [0.29, 0.717) is 12.0 Å². The second kappa shape index (κ2) is 9.00. The van der Waals surface area contributed by atoms with Crippen molar-refractivity contribution in [1.29, 1.82) is 0 Å². The molecule has 4 nitrogen and oxygen atoms in total. The van der Waals surface area contributed by atoms with Crippen molar-refractivity contribution in [2.75, 3.05) is 45.2 Å². The molecule has 120 valence electrons. The molecule has 1 atom stereocenters. The molecule has 0 saturated heterocycles. The van der Waals surface area contributed by atoms with E-state index < -0.39 is 0 Å². The Balaban J connectivity index is 2.99. The minimum atomic E-state index is 0.327. The monoisotopic (exact) mass is 292 g/mol. The lowest BCUT2D eigenvalue weighted by Crippen LogP contribution is -2.36. The van der Waals surface area contributed by atoms with Gasteiger partial charge in [0.1, 0.15) is 5.82 Å². The van der Waals surface area contributed by atoms with Gasteiger partial charge in [-0.15, -0.1) is 0 Å². The Morgan fingerprint density at radius 3 is 2.48 bits per heavy atom. The van der Waals surface area contributed by atoms with Gasteiger partial charge in [0.2, 0.25) is 0 Å². The van der Waals surface area contributed by atoms with E-state index in [4.69, 9.17) is 0 Å². The molecule has 0 radical (unpaired) electrons. The molecule has 4 heteroatoms. The minimum Gasteiger partial charge on any atom is -0.355 e. The number of anilines is 1. The maximum Gasteiger partial charge on any atom is 0.133 e. The highest BCUT2D eigenvalue weighted by molar-refractivity contribution is 5.48. The second-order valence-electron chi connectivity index (χ2n) is 6.34. The fourth-order valence-corrected chi connectivity index (χ4v) is 2.47. The van der Waals surface area contributed by atoms with Crippen LogP contribution in [0.3, 0.4) is 0 Å². The predicted octanol–water partition coefficient (Wildman–Crippen LogP) is 2.78. The average Bonchev–Trinajstić information content (AvgIpc) is 2.43. The van der Waals surface area contributed by atoms with Crippen LogP contribution in [0.5, 0.6) is 0 Å². The zero-order valence-corrected chi connectivity index (χ0v) is 14.6. The van der Waals surface area contributed by atoms with E-state index in [9.17, 15) is 0 Å². The van der Waals surface area contributed by atoms with Crippen molar-refractivity contribution in [2.45, 2.75) is 33.7 Å². The van der Waals surface area contributed by atoms with Crippen LogP contribution < -0.4 is 10.2 Å². The summed E-state index contributed by atoms with van der Waals surface area (Å²) >= 11 is 0. The highest BCUT2D eigenvalue weighted by Gasteiger charge is 2.17. The lowest BCUT2D eigenvalue weighted by molar-refractivity contribution is 0.408. The van der Waals surface area contributed by atoms with E-state index >= 15 is 0 Å². The first kappa shape index (κ1) is 17.9. The Bertz CT molecular complexity index is 404. The molecule has 0 aromatic carbocycles. The molecule has 0 saturated carbocycles. The smallest absolute Gasteiger partial charge is 0.133 e. The third-order valence-electron chi connectivity index (χ3n) is 3.50. The van der Waals surface area contributed by atoms with Crippen LogP contribution in [0.4, 0.5) is 5.82 Å². The van der Waals surface area contributed by atoms with Crippen molar-refractivity contribution in [3.8, 4) is 0 Å². The first-order chi connectivity index (χ1) is 9.95. The zero-order valence-electron chi connectivity index (χ0n) is 14.6. The summed E-state index contributed by atoms with van der Waals surface area (Å²) in [6.45, 7) is 12.9. The first-order valence-electron chi connectivity index (χ1n) is 8.03. The van der Waals surface area contributed by atoms with E-state index in [0.717, 1.165) is 32.0 Å². The van der Waals surface area contributed by atoms with Crippen LogP contribution in [-0.2, 0) is 0 Å². The van der Waals surface area contributed by atoms with E-state index in [-0.39, 0.29) is 0 Å². The molecule has 0 spiro atoms. The summed E-state index contributed by atoms with van der Waals surface area (Å²) in [6.07, 6.45) is 1.90. The Kier molecular flexibility index (Phi) is 7.68. The Hall–Kier alpha value is -1.13. The molecule has 1 aromatic rings. The minimum absolute atomic E-state index is 0.327. The van der Waals surface area contributed by atoms with Gasteiger partial charge in [0.15, 0.2) is 0 Å². The largest absolute Gasteiger partial charge is 0.355 e. The molecule has 0 amide bonds. The molecule has 0 bridgehead atoms. The van der Waals surface area contributed by atoms with Crippen molar-refractivity contribution in [1.82, 2.24) is 15.2 Å². The summed E-state index contributed by atoms with van der Waals surface area (Å²) in [4.78, 5) is 9.33. The number of rotatable bonds is 9. The Morgan fingerprint density at radius 1 is 1.19 bits per heavy atom. The maximum absolute atomic E-state index is 4.68. The van der Waals surface area contributed by atoms with Crippen LogP contribution >= 0.6 is 0 Å². The molecular weight excluding hydrogens is 260 g/mol. The molecule has 1 heterocycles. The van der Waals surface area contributed by atoms with Crippen LogP contribution in [-0.4, -0.2) is 50.2 Å². The normalized spacial score (nSPS) is 13.0. The van der Waals surface area contributed by atoms with Gasteiger partial charge in [0.05, 0.1) is 0 Å². The molecule has 0 fully saturated rings. The third kappa shape index (κ3) is 6.02. The van der Waals surface area contributed by atoms with Gasteiger partial charge in [-0.3, -0.25) is 0 Å². The standard InChI is InChI=1S/C17H32N4/c1-7-18-15(4)16-9-8-10-19-17(16)21(13-14(2)3)12-11-20(5)6/h8-10,14-15,18H,7,11-13H2,1-6H3. The number of hydrogen-bond acceptors (Lipinski definition) is 4.